The Bertz CT molecular complexity index is 1040. The molecule has 0 unspecified atom stereocenters. The minimum absolute atomic E-state index is 0.115. The molecule has 0 saturated carbocycles. The summed E-state index contributed by atoms with van der Waals surface area (Å²) in [6.07, 6.45) is 1.63. The molecule has 4 N–H and O–H groups in total. The number of carbonyl (C=O) groups excluding carboxylic acids is 3. The van der Waals surface area contributed by atoms with Gasteiger partial charge in [-0.2, -0.15) is 0 Å². The van der Waals surface area contributed by atoms with Crippen molar-refractivity contribution in [1.82, 2.24) is 20.6 Å². The molecule has 0 saturated heterocycles. The molecule has 2 heterocycles. The molecular weight excluding hydrogens is 404 g/mol. The maximum atomic E-state index is 12.2. The molecule has 0 spiro atoms. The normalized spacial score (nSPS) is 10.2. The first-order valence-corrected chi connectivity index (χ1v) is 9.93. The van der Waals surface area contributed by atoms with Crippen LogP contribution in [0.3, 0.4) is 0 Å². The molecule has 154 valence electrons. The first-order valence-electron chi connectivity index (χ1n) is 9.05. The molecule has 1 aromatic carbocycles. The topological polar surface area (TPSA) is 125 Å². The number of aryl methyl sites for hydroxylation is 1. The molecule has 9 nitrogen and oxygen atoms in total. The minimum Gasteiger partial charge on any atom is -0.342 e. The van der Waals surface area contributed by atoms with E-state index in [2.05, 4.69) is 31.2 Å². The van der Waals surface area contributed by atoms with Crippen LogP contribution in [0.4, 0.5) is 15.6 Å². The number of hydrogen-bond acceptors (Lipinski definition) is 6. The number of thiazole rings is 1. The van der Waals surface area contributed by atoms with E-state index in [-0.39, 0.29) is 23.3 Å². The van der Waals surface area contributed by atoms with Gasteiger partial charge in [-0.1, -0.05) is 30.3 Å². The standard InChI is InChI=1S/C20H20N6O3S/c1-13-15(8-5-9-21-13)24-17(27)11-22-18(28)16-12-30-20(25-16)26-19(29)23-10-14-6-3-2-4-7-14/h2-9,12H,10-11H2,1H3,(H,22,28)(H,24,27)(H2,23,25,26,29). The Morgan fingerprint density at radius 1 is 1.00 bits per heavy atom. The third kappa shape index (κ3) is 6.11. The molecule has 0 atom stereocenters. The summed E-state index contributed by atoms with van der Waals surface area (Å²) in [6, 6.07) is 12.5. The van der Waals surface area contributed by atoms with Crippen LogP contribution in [0.2, 0.25) is 0 Å². The van der Waals surface area contributed by atoms with Crippen LogP contribution < -0.4 is 21.3 Å². The van der Waals surface area contributed by atoms with E-state index >= 15 is 0 Å². The van der Waals surface area contributed by atoms with Crippen LogP contribution in [-0.2, 0) is 11.3 Å². The second-order valence-electron chi connectivity index (χ2n) is 6.20. The summed E-state index contributed by atoms with van der Waals surface area (Å²) >= 11 is 1.11. The van der Waals surface area contributed by atoms with Gasteiger partial charge in [0.05, 0.1) is 17.9 Å². The lowest BCUT2D eigenvalue weighted by molar-refractivity contribution is -0.115. The van der Waals surface area contributed by atoms with Crippen LogP contribution in [0, 0.1) is 6.92 Å². The van der Waals surface area contributed by atoms with E-state index in [1.165, 1.54) is 5.38 Å². The van der Waals surface area contributed by atoms with E-state index in [4.69, 9.17) is 0 Å². The van der Waals surface area contributed by atoms with E-state index in [1.54, 1.807) is 25.3 Å². The van der Waals surface area contributed by atoms with E-state index in [1.807, 2.05) is 30.3 Å². The maximum Gasteiger partial charge on any atom is 0.321 e. The van der Waals surface area contributed by atoms with Gasteiger partial charge in [-0.15, -0.1) is 11.3 Å². The Labute approximate surface area is 176 Å². The first-order chi connectivity index (χ1) is 14.5. The van der Waals surface area contributed by atoms with E-state index in [9.17, 15) is 14.4 Å². The quantitative estimate of drug-likeness (QED) is 0.464. The number of nitrogens with one attached hydrogen (secondary N) is 4. The zero-order valence-corrected chi connectivity index (χ0v) is 17.0. The Hall–Kier alpha value is -3.79. The van der Waals surface area contributed by atoms with Crippen LogP contribution in [0.25, 0.3) is 0 Å². The molecule has 0 aliphatic rings. The molecule has 0 fully saturated rings. The summed E-state index contributed by atoms with van der Waals surface area (Å²) in [4.78, 5) is 44.3. The van der Waals surface area contributed by atoms with Crippen molar-refractivity contribution < 1.29 is 14.4 Å². The van der Waals surface area contributed by atoms with Gasteiger partial charge in [0.1, 0.15) is 5.69 Å². The van der Waals surface area contributed by atoms with Gasteiger partial charge in [0.25, 0.3) is 5.91 Å². The van der Waals surface area contributed by atoms with Gasteiger partial charge in [0.15, 0.2) is 5.13 Å². The predicted molar refractivity (Wildman–Crippen MR) is 114 cm³/mol. The summed E-state index contributed by atoms with van der Waals surface area (Å²) < 4.78 is 0. The number of anilines is 2. The van der Waals surface area contributed by atoms with Crippen molar-refractivity contribution in [3.8, 4) is 0 Å². The lowest BCUT2D eigenvalue weighted by Gasteiger charge is -2.07. The molecule has 4 amide bonds. The van der Waals surface area contributed by atoms with E-state index in [0.29, 0.717) is 17.9 Å². The number of urea groups is 1. The highest BCUT2D eigenvalue weighted by Gasteiger charge is 2.14. The summed E-state index contributed by atoms with van der Waals surface area (Å²) in [6.45, 7) is 1.93. The highest BCUT2D eigenvalue weighted by atomic mass is 32.1. The number of rotatable bonds is 7. The van der Waals surface area contributed by atoms with Crippen molar-refractivity contribution in [2.24, 2.45) is 0 Å². The fourth-order valence-corrected chi connectivity index (χ4v) is 3.10. The second kappa shape index (κ2) is 10.1. The molecule has 3 aromatic rings. The Morgan fingerprint density at radius 3 is 2.57 bits per heavy atom. The average molecular weight is 424 g/mol. The summed E-state index contributed by atoms with van der Waals surface area (Å²) in [5, 5.41) is 12.3. The fraction of sp³-hybridized carbons (Fsp3) is 0.150. The molecule has 0 aliphatic carbocycles. The van der Waals surface area contributed by atoms with E-state index in [0.717, 1.165) is 16.9 Å². The SMILES string of the molecule is Cc1ncccc1NC(=O)CNC(=O)c1csc(NC(=O)NCc2ccccc2)n1. The lowest BCUT2D eigenvalue weighted by atomic mass is 10.2. The van der Waals surface area contributed by atoms with Crippen molar-refractivity contribution in [3.63, 3.8) is 0 Å². The zero-order chi connectivity index (χ0) is 21.3. The lowest BCUT2D eigenvalue weighted by Crippen LogP contribution is -2.33. The Morgan fingerprint density at radius 2 is 1.80 bits per heavy atom. The van der Waals surface area contributed by atoms with Gasteiger partial charge in [-0.25, -0.2) is 9.78 Å². The fourth-order valence-electron chi connectivity index (χ4n) is 2.42. The number of nitrogens with zero attached hydrogens (tertiary/aromatic N) is 2. The number of benzene rings is 1. The number of carbonyl (C=O) groups is 3. The predicted octanol–water partition coefficient (Wildman–Crippen LogP) is 2.54. The monoisotopic (exact) mass is 424 g/mol. The highest BCUT2D eigenvalue weighted by molar-refractivity contribution is 7.14. The van der Waals surface area contributed by atoms with Gasteiger partial charge in [-0.3, -0.25) is 19.9 Å². The van der Waals surface area contributed by atoms with Gasteiger partial charge in [0.2, 0.25) is 5.91 Å². The molecular formula is C20H20N6O3S. The molecule has 0 radical (unpaired) electrons. The van der Waals surface area contributed by atoms with Crippen LogP contribution >= 0.6 is 11.3 Å². The molecule has 0 aliphatic heterocycles. The summed E-state index contributed by atoms with van der Waals surface area (Å²) in [5.41, 5.74) is 2.34. The maximum absolute atomic E-state index is 12.2. The van der Waals surface area contributed by atoms with Gasteiger partial charge in [0, 0.05) is 18.1 Å². The van der Waals surface area contributed by atoms with Crippen molar-refractivity contribution in [2.75, 3.05) is 17.2 Å². The third-order valence-corrected chi connectivity index (χ3v) is 4.70. The molecule has 30 heavy (non-hydrogen) atoms. The summed E-state index contributed by atoms with van der Waals surface area (Å²) in [7, 11) is 0. The number of pyridine rings is 1. The van der Waals surface area contributed by atoms with Crippen molar-refractivity contribution >= 4 is 40.0 Å². The van der Waals surface area contributed by atoms with Gasteiger partial charge in [-0.05, 0) is 24.6 Å². The second-order valence-corrected chi connectivity index (χ2v) is 7.06. The van der Waals surface area contributed by atoms with Crippen LogP contribution in [0.1, 0.15) is 21.7 Å². The van der Waals surface area contributed by atoms with Gasteiger partial charge < -0.3 is 16.0 Å². The largest absolute Gasteiger partial charge is 0.342 e. The van der Waals surface area contributed by atoms with Crippen LogP contribution in [0.15, 0.2) is 54.0 Å². The average Bonchev–Trinajstić information content (AvgIpc) is 3.21. The van der Waals surface area contributed by atoms with Crippen molar-refractivity contribution in [2.45, 2.75) is 13.5 Å². The summed E-state index contributed by atoms with van der Waals surface area (Å²) in [5.74, 6) is -0.893. The van der Waals surface area contributed by atoms with Crippen LogP contribution in [-0.4, -0.2) is 34.4 Å². The Kier molecular flexibility index (Phi) is 7.06. The Balaban J connectivity index is 1.44. The molecule has 0 bridgehead atoms. The number of aromatic nitrogens is 2. The highest BCUT2D eigenvalue weighted by Crippen LogP contribution is 2.15. The van der Waals surface area contributed by atoms with Crippen molar-refractivity contribution in [3.05, 3.63) is 71.0 Å². The number of hydrogen-bond donors (Lipinski definition) is 4. The number of amides is 4. The third-order valence-electron chi connectivity index (χ3n) is 3.94. The minimum atomic E-state index is -0.512. The van der Waals surface area contributed by atoms with Gasteiger partial charge >= 0.3 is 6.03 Å². The van der Waals surface area contributed by atoms with Crippen molar-refractivity contribution in [1.29, 1.82) is 0 Å². The first kappa shape index (κ1) is 20.9. The van der Waals surface area contributed by atoms with E-state index < -0.39 is 11.9 Å². The zero-order valence-electron chi connectivity index (χ0n) is 16.1. The molecule has 10 heteroatoms. The van der Waals surface area contributed by atoms with Crippen LogP contribution in [0.5, 0.6) is 0 Å². The molecule has 2 aromatic heterocycles. The molecule has 3 rings (SSSR count). The smallest absolute Gasteiger partial charge is 0.321 e.